The maximum atomic E-state index is 11.6. The van der Waals surface area contributed by atoms with Gasteiger partial charge < -0.3 is 19.4 Å². The highest BCUT2D eigenvalue weighted by Crippen LogP contribution is 2.24. The Bertz CT molecular complexity index is 1080. The molecule has 1 amide bonds. The van der Waals surface area contributed by atoms with Crippen molar-refractivity contribution >= 4 is 34.2 Å². The van der Waals surface area contributed by atoms with Crippen molar-refractivity contribution in [2.45, 2.75) is 0 Å². The van der Waals surface area contributed by atoms with Crippen LogP contribution in [-0.4, -0.2) is 35.5 Å². The highest BCUT2D eigenvalue weighted by molar-refractivity contribution is 8.27. The molecule has 1 aromatic heterocycles. The maximum Gasteiger partial charge on any atom is 0.297 e. The van der Waals surface area contributed by atoms with Crippen molar-refractivity contribution < 1.29 is 18.7 Å². The minimum absolute atomic E-state index is 0.273. The number of aromatic nitrogens is 1. The number of ether oxygens (including phenoxy) is 1. The monoisotopic (exact) mass is 421 g/mol. The molecule has 2 heterocycles. The number of benzene rings is 2. The van der Waals surface area contributed by atoms with Crippen LogP contribution in [0.15, 0.2) is 70.9 Å². The molecule has 8 heteroatoms. The van der Waals surface area contributed by atoms with E-state index < -0.39 is 0 Å². The highest BCUT2D eigenvalue weighted by Gasteiger charge is 2.25. The molecular weight excluding hydrogens is 402 g/mol. The highest BCUT2D eigenvalue weighted by atomic mass is 32.2. The Hall–Kier alpha value is -3.52. The van der Waals surface area contributed by atoms with Crippen molar-refractivity contribution in [1.29, 1.82) is 0 Å². The summed E-state index contributed by atoms with van der Waals surface area (Å²) in [6, 6.07) is 17.6. The van der Waals surface area contributed by atoms with Crippen molar-refractivity contribution in [2.24, 2.45) is 0 Å². The summed E-state index contributed by atoms with van der Waals surface area (Å²) in [5, 5.41) is 1.90. The molecule has 1 aliphatic heterocycles. The third kappa shape index (κ3) is 4.72. The molecule has 0 atom stereocenters. The summed E-state index contributed by atoms with van der Waals surface area (Å²) in [5.74, 6) is 1.43. The van der Waals surface area contributed by atoms with Gasteiger partial charge in [-0.2, -0.15) is 0 Å². The minimum Gasteiger partial charge on any atom is -0.492 e. The number of carbonyl (C=O) groups excluding carboxylic acids is 2. The Kier molecular flexibility index (Phi) is 5.85. The Balaban J connectivity index is 1.29. The van der Waals surface area contributed by atoms with E-state index in [2.05, 4.69) is 10.3 Å². The summed E-state index contributed by atoms with van der Waals surface area (Å²) in [5.41, 5.74) is 2.08. The molecule has 0 spiro atoms. The molecule has 1 aliphatic rings. The molecule has 7 nitrogen and oxygen atoms in total. The van der Waals surface area contributed by atoms with Crippen molar-refractivity contribution in [3.8, 4) is 17.1 Å². The molecule has 3 aromatic rings. The van der Waals surface area contributed by atoms with Crippen molar-refractivity contribution in [3.63, 3.8) is 0 Å². The topological polar surface area (TPSA) is 84.7 Å². The summed E-state index contributed by atoms with van der Waals surface area (Å²) in [6.07, 6.45) is 3.36. The second-order valence-electron chi connectivity index (χ2n) is 6.57. The van der Waals surface area contributed by atoms with E-state index in [9.17, 15) is 9.59 Å². The Labute approximate surface area is 177 Å². The number of thioether (sulfide) groups is 1. The van der Waals surface area contributed by atoms with Crippen molar-refractivity contribution in [3.05, 3.63) is 72.1 Å². The molecule has 0 unspecified atom stereocenters. The molecule has 0 bridgehead atoms. The quantitative estimate of drug-likeness (QED) is 0.573. The zero-order valence-corrected chi connectivity index (χ0v) is 17.0. The molecule has 1 N–H and O–H groups in total. The van der Waals surface area contributed by atoms with Gasteiger partial charge in [0.2, 0.25) is 5.12 Å². The number of rotatable bonds is 7. The predicted molar refractivity (Wildman–Crippen MR) is 116 cm³/mol. The van der Waals surface area contributed by atoms with E-state index in [1.807, 2.05) is 66.5 Å². The van der Waals surface area contributed by atoms with E-state index in [1.165, 1.54) is 0 Å². The van der Waals surface area contributed by atoms with Crippen LogP contribution in [0.2, 0.25) is 0 Å². The van der Waals surface area contributed by atoms with Crippen LogP contribution >= 0.6 is 11.8 Å². The van der Waals surface area contributed by atoms with Crippen LogP contribution < -0.4 is 15.0 Å². The first-order valence-corrected chi connectivity index (χ1v) is 10.1. The van der Waals surface area contributed by atoms with Gasteiger partial charge in [0.25, 0.3) is 11.3 Å². The lowest BCUT2D eigenvalue weighted by molar-refractivity contribution is -0.107. The normalized spacial score (nSPS) is 14.8. The number of nitrogens with one attached hydrogen (secondary N) is 1. The first-order valence-electron chi connectivity index (χ1n) is 9.28. The standard InChI is InChI=1S/C22H19N3O4S/c1-25(21-23-14-19(29-21)16-5-3-2-4-6-16)11-12-28-17-9-7-15(8-10-17)13-18-20(26)30-22(27)24-18/h2-10,13-14H,11-12H2,1H3,(H,24,27). The van der Waals surface area contributed by atoms with E-state index >= 15 is 0 Å². The van der Waals surface area contributed by atoms with E-state index in [0.29, 0.717) is 42.4 Å². The van der Waals surface area contributed by atoms with Crippen LogP contribution in [0, 0.1) is 0 Å². The third-order valence-corrected chi connectivity index (χ3v) is 5.10. The summed E-state index contributed by atoms with van der Waals surface area (Å²) in [6.45, 7) is 1.05. The van der Waals surface area contributed by atoms with E-state index in [-0.39, 0.29) is 10.4 Å². The zero-order valence-electron chi connectivity index (χ0n) is 16.2. The summed E-state index contributed by atoms with van der Waals surface area (Å²) in [7, 11) is 1.89. The molecule has 152 valence electrons. The van der Waals surface area contributed by atoms with Gasteiger partial charge in [-0.05, 0) is 23.8 Å². The largest absolute Gasteiger partial charge is 0.492 e. The van der Waals surface area contributed by atoms with Gasteiger partial charge in [0.15, 0.2) is 5.76 Å². The molecule has 0 saturated carbocycles. The summed E-state index contributed by atoms with van der Waals surface area (Å²) in [4.78, 5) is 29.1. The first-order chi connectivity index (χ1) is 14.6. The fourth-order valence-corrected chi connectivity index (χ4v) is 3.37. The van der Waals surface area contributed by atoms with Crippen LogP contribution in [0.3, 0.4) is 0 Å². The van der Waals surface area contributed by atoms with Crippen molar-refractivity contribution in [1.82, 2.24) is 10.3 Å². The van der Waals surface area contributed by atoms with Crippen molar-refractivity contribution in [2.75, 3.05) is 25.1 Å². The first kappa shape index (κ1) is 19.8. The number of likely N-dealkylation sites (N-methyl/N-ethyl adjacent to an activating group) is 1. The van der Waals surface area contributed by atoms with Gasteiger partial charge in [0, 0.05) is 24.4 Å². The number of hydrogen-bond donors (Lipinski definition) is 1. The average Bonchev–Trinajstić information content (AvgIpc) is 3.37. The zero-order chi connectivity index (χ0) is 20.9. The number of nitrogens with zero attached hydrogens (tertiary/aromatic N) is 2. The third-order valence-electron chi connectivity index (χ3n) is 4.41. The fraction of sp³-hybridized carbons (Fsp3) is 0.136. The number of anilines is 1. The second kappa shape index (κ2) is 8.87. The molecular formula is C22H19N3O4S. The van der Waals surface area contributed by atoms with Gasteiger partial charge in [0.1, 0.15) is 12.4 Å². The number of oxazole rings is 1. The molecule has 2 aromatic carbocycles. The Morgan fingerprint density at radius 1 is 1.13 bits per heavy atom. The average molecular weight is 421 g/mol. The minimum atomic E-state index is -0.350. The Morgan fingerprint density at radius 3 is 2.60 bits per heavy atom. The molecule has 0 aliphatic carbocycles. The SMILES string of the molecule is CN(CCOc1ccc(C=C2NC(=O)SC2=O)cc1)c1ncc(-c2ccccc2)o1. The van der Waals surface area contributed by atoms with Gasteiger partial charge in [-0.25, -0.2) is 4.98 Å². The molecule has 1 fully saturated rings. The number of carbonyl (C=O) groups is 2. The lowest BCUT2D eigenvalue weighted by Gasteiger charge is -2.15. The van der Waals surface area contributed by atoms with Crippen LogP contribution in [0.25, 0.3) is 17.4 Å². The van der Waals surface area contributed by atoms with Gasteiger partial charge in [-0.3, -0.25) is 9.59 Å². The lowest BCUT2D eigenvalue weighted by Crippen LogP contribution is -2.23. The van der Waals surface area contributed by atoms with Crippen LogP contribution in [0.1, 0.15) is 5.56 Å². The van der Waals surface area contributed by atoms with Gasteiger partial charge in [-0.15, -0.1) is 0 Å². The summed E-state index contributed by atoms with van der Waals surface area (Å²) >= 11 is 0.664. The van der Waals surface area contributed by atoms with Gasteiger partial charge >= 0.3 is 0 Å². The molecule has 4 rings (SSSR count). The van der Waals surface area contributed by atoms with Crippen LogP contribution in [-0.2, 0) is 4.79 Å². The second-order valence-corrected chi connectivity index (χ2v) is 7.52. The number of amides is 1. The number of hydrogen-bond acceptors (Lipinski definition) is 7. The van der Waals surface area contributed by atoms with Gasteiger partial charge in [-0.1, -0.05) is 42.5 Å². The van der Waals surface area contributed by atoms with E-state index in [1.54, 1.807) is 12.3 Å². The Morgan fingerprint density at radius 2 is 1.90 bits per heavy atom. The maximum absolute atomic E-state index is 11.6. The van der Waals surface area contributed by atoms with Gasteiger partial charge in [0.05, 0.1) is 18.4 Å². The van der Waals surface area contributed by atoms with E-state index in [0.717, 1.165) is 16.9 Å². The lowest BCUT2D eigenvalue weighted by atomic mass is 10.2. The van der Waals surface area contributed by atoms with Crippen LogP contribution in [0.4, 0.5) is 10.8 Å². The fourth-order valence-electron chi connectivity index (χ4n) is 2.82. The van der Waals surface area contributed by atoms with E-state index in [4.69, 9.17) is 9.15 Å². The smallest absolute Gasteiger partial charge is 0.297 e. The van der Waals surface area contributed by atoms with Crippen LogP contribution in [0.5, 0.6) is 5.75 Å². The predicted octanol–water partition coefficient (Wildman–Crippen LogP) is 4.18. The molecule has 1 saturated heterocycles. The summed E-state index contributed by atoms with van der Waals surface area (Å²) < 4.78 is 11.6. The molecule has 30 heavy (non-hydrogen) atoms. The molecule has 0 radical (unpaired) electrons.